The van der Waals surface area contributed by atoms with Crippen molar-refractivity contribution in [2.75, 3.05) is 19.0 Å². The highest BCUT2D eigenvalue weighted by Crippen LogP contribution is 2.24. The van der Waals surface area contributed by atoms with Crippen molar-refractivity contribution in [2.24, 2.45) is 0 Å². The molecule has 1 heterocycles. The number of rotatable bonds is 7. The molecule has 2 nitrogen and oxygen atoms in total. The lowest BCUT2D eigenvalue weighted by atomic mass is 9.97. The average molecular weight is 247 g/mol. The summed E-state index contributed by atoms with van der Waals surface area (Å²) in [7, 11) is 4.17. The molecule has 0 atom stereocenters. The minimum absolute atomic E-state index is 1.02. The van der Waals surface area contributed by atoms with Gasteiger partial charge in [-0.15, -0.1) is 0 Å². The average Bonchev–Trinajstić information content (AvgIpc) is 2.34. The van der Waals surface area contributed by atoms with Crippen molar-refractivity contribution in [3.05, 3.63) is 22.9 Å². The van der Waals surface area contributed by atoms with Crippen LogP contribution >= 0.6 is 0 Å². The first-order chi connectivity index (χ1) is 8.60. The Hall–Kier alpha value is -1.05. The van der Waals surface area contributed by atoms with E-state index in [1.54, 1.807) is 0 Å². The van der Waals surface area contributed by atoms with Gasteiger partial charge in [0.2, 0.25) is 0 Å². The third-order valence-electron chi connectivity index (χ3n) is 3.22. The smallest absolute Gasteiger partial charge is 0.131 e. The van der Waals surface area contributed by atoms with Gasteiger partial charge in [0, 0.05) is 25.9 Å². The van der Waals surface area contributed by atoms with Crippen LogP contribution in [0.2, 0.25) is 0 Å². The van der Waals surface area contributed by atoms with E-state index < -0.39 is 0 Å². The first-order valence-corrected chi connectivity index (χ1v) is 7.19. The second-order valence-electron chi connectivity index (χ2n) is 5.20. The van der Waals surface area contributed by atoms with Crippen molar-refractivity contribution < 1.29 is 0 Å². The van der Waals surface area contributed by atoms with E-state index in [0.717, 1.165) is 24.4 Å². The SMILES string of the molecule is CCCCc1[c]c(C)nc(N(C)C)c1CCCC. The first-order valence-electron chi connectivity index (χ1n) is 7.19. The fourth-order valence-electron chi connectivity index (χ4n) is 2.24. The van der Waals surface area contributed by atoms with Crippen LogP contribution in [0.25, 0.3) is 0 Å². The molecular weight excluding hydrogens is 220 g/mol. The maximum atomic E-state index is 4.66. The van der Waals surface area contributed by atoms with Crippen LogP contribution in [0.5, 0.6) is 0 Å². The summed E-state index contributed by atoms with van der Waals surface area (Å²) in [6, 6.07) is 3.48. The van der Waals surface area contributed by atoms with Gasteiger partial charge in [0.15, 0.2) is 0 Å². The van der Waals surface area contributed by atoms with Crippen LogP contribution in [0, 0.1) is 13.0 Å². The van der Waals surface area contributed by atoms with Crippen LogP contribution in [0.4, 0.5) is 5.82 Å². The number of hydrogen-bond donors (Lipinski definition) is 0. The zero-order chi connectivity index (χ0) is 13.5. The maximum Gasteiger partial charge on any atom is 0.131 e. The van der Waals surface area contributed by atoms with Crippen molar-refractivity contribution in [1.29, 1.82) is 0 Å². The van der Waals surface area contributed by atoms with Gasteiger partial charge >= 0.3 is 0 Å². The summed E-state index contributed by atoms with van der Waals surface area (Å²) in [4.78, 5) is 6.80. The minimum atomic E-state index is 1.02. The second kappa shape index (κ2) is 7.40. The van der Waals surface area contributed by atoms with E-state index in [9.17, 15) is 0 Å². The lowest BCUT2D eigenvalue weighted by Crippen LogP contribution is -2.16. The highest BCUT2D eigenvalue weighted by Gasteiger charge is 2.12. The van der Waals surface area contributed by atoms with Crippen LogP contribution in [0.15, 0.2) is 0 Å². The number of aromatic nitrogens is 1. The van der Waals surface area contributed by atoms with E-state index in [0.29, 0.717) is 0 Å². The predicted molar refractivity (Wildman–Crippen MR) is 79.4 cm³/mol. The molecule has 101 valence electrons. The van der Waals surface area contributed by atoms with E-state index >= 15 is 0 Å². The number of hydrogen-bond acceptors (Lipinski definition) is 2. The van der Waals surface area contributed by atoms with E-state index in [1.165, 1.54) is 36.8 Å². The van der Waals surface area contributed by atoms with Crippen LogP contribution in [-0.4, -0.2) is 19.1 Å². The molecule has 0 unspecified atom stereocenters. The Morgan fingerprint density at radius 1 is 1.06 bits per heavy atom. The molecule has 0 fully saturated rings. The predicted octanol–water partition coefficient (Wildman–Crippen LogP) is 3.94. The molecule has 18 heavy (non-hydrogen) atoms. The maximum absolute atomic E-state index is 4.66. The quantitative estimate of drug-likeness (QED) is 0.725. The molecule has 0 amide bonds. The summed E-state index contributed by atoms with van der Waals surface area (Å²) in [5.41, 5.74) is 3.83. The van der Waals surface area contributed by atoms with E-state index in [1.807, 2.05) is 6.92 Å². The highest BCUT2D eigenvalue weighted by atomic mass is 15.1. The largest absolute Gasteiger partial charge is 0.362 e. The van der Waals surface area contributed by atoms with Gasteiger partial charge in [0.25, 0.3) is 0 Å². The van der Waals surface area contributed by atoms with Crippen molar-refractivity contribution in [2.45, 2.75) is 59.3 Å². The lowest BCUT2D eigenvalue weighted by molar-refractivity contribution is 0.749. The Morgan fingerprint density at radius 2 is 1.67 bits per heavy atom. The molecule has 1 radical (unpaired) electrons. The Balaban J connectivity index is 3.10. The fraction of sp³-hybridized carbons (Fsp3) is 0.688. The summed E-state index contributed by atoms with van der Waals surface area (Å²) in [6.45, 7) is 6.53. The third-order valence-corrected chi connectivity index (χ3v) is 3.22. The topological polar surface area (TPSA) is 16.1 Å². The highest BCUT2D eigenvalue weighted by molar-refractivity contribution is 5.50. The van der Waals surface area contributed by atoms with Gasteiger partial charge < -0.3 is 4.90 Å². The molecule has 1 aromatic rings. The number of nitrogens with zero attached hydrogens (tertiary/aromatic N) is 2. The van der Waals surface area contributed by atoms with Gasteiger partial charge in [-0.3, -0.25) is 0 Å². The van der Waals surface area contributed by atoms with Crippen LogP contribution < -0.4 is 4.90 Å². The summed E-state index contributed by atoms with van der Waals surface area (Å²) in [5, 5.41) is 0. The third kappa shape index (κ3) is 4.01. The normalized spacial score (nSPS) is 10.7. The monoisotopic (exact) mass is 247 g/mol. The Morgan fingerprint density at radius 3 is 2.22 bits per heavy atom. The Kier molecular flexibility index (Phi) is 6.17. The van der Waals surface area contributed by atoms with Crippen LogP contribution in [0.3, 0.4) is 0 Å². The Bertz CT molecular complexity index is 370. The zero-order valence-electron chi connectivity index (χ0n) is 12.6. The van der Waals surface area contributed by atoms with Crippen LogP contribution in [0.1, 0.15) is 56.4 Å². The van der Waals surface area contributed by atoms with Gasteiger partial charge in [-0.2, -0.15) is 0 Å². The van der Waals surface area contributed by atoms with Crippen molar-refractivity contribution in [3.63, 3.8) is 0 Å². The molecule has 0 aliphatic heterocycles. The molecule has 0 saturated heterocycles. The van der Waals surface area contributed by atoms with Crippen molar-refractivity contribution in [3.8, 4) is 0 Å². The van der Waals surface area contributed by atoms with Gasteiger partial charge in [-0.1, -0.05) is 26.7 Å². The molecular formula is C16H27N2. The van der Waals surface area contributed by atoms with Gasteiger partial charge in [0.05, 0.1) is 0 Å². The number of aryl methyl sites for hydroxylation is 2. The van der Waals surface area contributed by atoms with E-state index in [2.05, 4.69) is 43.9 Å². The molecule has 0 aliphatic carbocycles. The van der Waals surface area contributed by atoms with E-state index in [4.69, 9.17) is 0 Å². The summed E-state index contributed by atoms with van der Waals surface area (Å²) >= 11 is 0. The standard InChI is InChI=1S/C16H27N2/c1-6-8-10-14-12-13(3)17-16(18(4)5)15(14)11-9-7-2/h6-11H2,1-5H3. The summed E-state index contributed by atoms with van der Waals surface area (Å²) in [5.74, 6) is 1.14. The second-order valence-corrected chi connectivity index (χ2v) is 5.20. The number of anilines is 1. The fourth-order valence-corrected chi connectivity index (χ4v) is 2.24. The molecule has 0 bridgehead atoms. The number of pyridine rings is 1. The molecule has 0 aromatic carbocycles. The molecule has 1 rings (SSSR count). The molecule has 0 spiro atoms. The summed E-state index contributed by atoms with van der Waals surface area (Å²) in [6.07, 6.45) is 7.21. The van der Waals surface area contributed by atoms with Crippen molar-refractivity contribution in [1.82, 2.24) is 4.98 Å². The molecule has 0 saturated carbocycles. The van der Waals surface area contributed by atoms with Gasteiger partial charge in [0.1, 0.15) is 5.82 Å². The lowest BCUT2D eigenvalue weighted by Gasteiger charge is -2.20. The van der Waals surface area contributed by atoms with Crippen molar-refractivity contribution >= 4 is 5.82 Å². The molecule has 0 aliphatic rings. The molecule has 0 N–H and O–H groups in total. The van der Waals surface area contributed by atoms with Crippen LogP contribution in [-0.2, 0) is 12.8 Å². The number of unbranched alkanes of at least 4 members (excludes halogenated alkanes) is 2. The molecule has 2 heteroatoms. The molecule has 1 aromatic heterocycles. The summed E-state index contributed by atoms with van der Waals surface area (Å²) < 4.78 is 0. The minimum Gasteiger partial charge on any atom is -0.362 e. The van der Waals surface area contributed by atoms with Gasteiger partial charge in [-0.25, -0.2) is 4.98 Å². The Labute approximate surface area is 112 Å². The first kappa shape index (κ1) is 15.0. The van der Waals surface area contributed by atoms with E-state index in [-0.39, 0.29) is 0 Å². The van der Waals surface area contributed by atoms with Gasteiger partial charge in [-0.05, 0) is 43.7 Å². The zero-order valence-corrected chi connectivity index (χ0v) is 12.6.